The fourth-order valence-electron chi connectivity index (χ4n) is 1.84. The molecule has 13 heavy (non-hydrogen) atoms. The maximum Gasteiger partial charge on any atom is 0.404 e. The molecule has 1 aliphatic carbocycles. The number of carbonyl (C=O) groups excluding carboxylic acids is 1. The van der Waals surface area contributed by atoms with E-state index in [0.29, 0.717) is 0 Å². The lowest BCUT2D eigenvalue weighted by atomic mass is 10.1. The molecular weight excluding hydrogens is 188 g/mol. The standard InChI is InChI=1S/C10H17ClO2/c11-10(12)13-9-7-5-3-1-2-4-6-8-9/h9H,1-8H2. The molecule has 0 aromatic heterocycles. The molecule has 0 aromatic rings. The van der Waals surface area contributed by atoms with Crippen molar-refractivity contribution in [2.45, 2.75) is 57.5 Å². The molecule has 0 amide bonds. The lowest BCUT2D eigenvalue weighted by molar-refractivity contribution is 0.107. The van der Waals surface area contributed by atoms with Crippen molar-refractivity contribution < 1.29 is 9.53 Å². The second kappa shape index (κ2) is 6.25. The van der Waals surface area contributed by atoms with E-state index in [1.807, 2.05) is 0 Å². The minimum atomic E-state index is -0.649. The lowest BCUT2D eigenvalue weighted by Crippen LogP contribution is -2.13. The molecule has 0 aromatic carbocycles. The van der Waals surface area contributed by atoms with Crippen molar-refractivity contribution in [1.29, 1.82) is 0 Å². The van der Waals surface area contributed by atoms with Gasteiger partial charge in [0.2, 0.25) is 0 Å². The first kappa shape index (κ1) is 10.8. The van der Waals surface area contributed by atoms with Crippen LogP contribution in [0.25, 0.3) is 0 Å². The summed E-state index contributed by atoms with van der Waals surface area (Å²) in [5.41, 5.74) is -0.649. The lowest BCUT2D eigenvalue weighted by Gasteiger charge is -2.14. The number of ether oxygens (including phenoxy) is 1. The molecule has 0 spiro atoms. The normalized spacial score (nSPS) is 21.3. The van der Waals surface area contributed by atoms with Gasteiger partial charge in [0.1, 0.15) is 6.10 Å². The van der Waals surface area contributed by atoms with Crippen LogP contribution in [0.1, 0.15) is 51.4 Å². The second-order valence-corrected chi connectivity index (χ2v) is 3.98. The van der Waals surface area contributed by atoms with Gasteiger partial charge in [0.15, 0.2) is 0 Å². The van der Waals surface area contributed by atoms with Crippen LogP contribution in [0.4, 0.5) is 4.79 Å². The Morgan fingerprint density at radius 3 is 1.92 bits per heavy atom. The van der Waals surface area contributed by atoms with Crippen molar-refractivity contribution in [3.8, 4) is 0 Å². The molecule has 0 aliphatic heterocycles. The molecule has 0 unspecified atom stereocenters. The zero-order valence-corrected chi connectivity index (χ0v) is 8.68. The SMILES string of the molecule is O=C(Cl)OC1CCCCCCCC1. The summed E-state index contributed by atoms with van der Waals surface area (Å²) in [6.45, 7) is 0. The van der Waals surface area contributed by atoms with Gasteiger partial charge in [-0.3, -0.25) is 0 Å². The minimum absolute atomic E-state index is 0.0723. The van der Waals surface area contributed by atoms with Crippen molar-refractivity contribution in [3.05, 3.63) is 0 Å². The van der Waals surface area contributed by atoms with Gasteiger partial charge in [-0.25, -0.2) is 4.79 Å². The number of carbonyl (C=O) groups is 1. The van der Waals surface area contributed by atoms with Gasteiger partial charge in [-0.2, -0.15) is 0 Å². The van der Waals surface area contributed by atoms with Crippen LogP contribution >= 0.6 is 11.6 Å². The monoisotopic (exact) mass is 204 g/mol. The number of hydrogen-bond donors (Lipinski definition) is 0. The van der Waals surface area contributed by atoms with E-state index in [-0.39, 0.29) is 6.10 Å². The summed E-state index contributed by atoms with van der Waals surface area (Å²) in [4.78, 5) is 10.5. The predicted molar refractivity (Wildman–Crippen MR) is 53.1 cm³/mol. The van der Waals surface area contributed by atoms with Crippen LogP contribution in [0.15, 0.2) is 0 Å². The highest BCUT2D eigenvalue weighted by Crippen LogP contribution is 2.19. The molecule has 1 fully saturated rings. The molecule has 76 valence electrons. The van der Waals surface area contributed by atoms with Crippen molar-refractivity contribution in [3.63, 3.8) is 0 Å². The Kier molecular flexibility index (Phi) is 5.21. The van der Waals surface area contributed by atoms with Gasteiger partial charge in [-0.1, -0.05) is 25.7 Å². The Balaban J connectivity index is 2.27. The Labute approximate surface area is 84.6 Å². The van der Waals surface area contributed by atoms with Gasteiger partial charge in [-0.15, -0.1) is 0 Å². The third-order valence-electron chi connectivity index (χ3n) is 2.56. The van der Waals surface area contributed by atoms with Crippen molar-refractivity contribution >= 4 is 17.0 Å². The minimum Gasteiger partial charge on any atom is -0.450 e. The summed E-state index contributed by atoms with van der Waals surface area (Å²) in [5, 5.41) is 0. The first-order chi connectivity index (χ1) is 6.29. The molecule has 0 bridgehead atoms. The molecule has 1 aliphatic rings. The fourth-order valence-corrected chi connectivity index (χ4v) is 1.97. The van der Waals surface area contributed by atoms with Gasteiger partial charge in [0.25, 0.3) is 0 Å². The Morgan fingerprint density at radius 2 is 1.46 bits per heavy atom. The van der Waals surface area contributed by atoms with E-state index in [1.54, 1.807) is 0 Å². The topological polar surface area (TPSA) is 26.3 Å². The van der Waals surface area contributed by atoms with Crippen LogP contribution < -0.4 is 0 Å². The number of rotatable bonds is 1. The average molecular weight is 205 g/mol. The van der Waals surface area contributed by atoms with Gasteiger partial charge in [-0.05, 0) is 25.7 Å². The molecule has 0 saturated heterocycles. The van der Waals surface area contributed by atoms with Crippen LogP contribution in [0.2, 0.25) is 0 Å². The van der Waals surface area contributed by atoms with Gasteiger partial charge in [0, 0.05) is 11.6 Å². The summed E-state index contributed by atoms with van der Waals surface area (Å²) in [6, 6.07) is 0. The summed E-state index contributed by atoms with van der Waals surface area (Å²) in [7, 11) is 0. The Hall–Kier alpha value is -0.240. The third-order valence-corrected chi connectivity index (χ3v) is 2.65. The summed E-state index contributed by atoms with van der Waals surface area (Å²) >= 11 is 5.18. The van der Waals surface area contributed by atoms with E-state index in [4.69, 9.17) is 16.3 Å². The molecule has 1 rings (SSSR count). The maximum absolute atomic E-state index is 10.5. The fraction of sp³-hybridized carbons (Fsp3) is 0.900. The van der Waals surface area contributed by atoms with Crippen LogP contribution in [0, 0.1) is 0 Å². The summed E-state index contributed by atoms with van der Waals surface area (Å²) < 4.78 is 5.01. The highest BCUT2D eigenvalue weighted by molar-refractivity contribution is 6.61. The van der Waals surface area contributed by atoms with Crippen molar-refractivity contribution in [1.82, 2.24) is 0 Å². The van der Waals surface area contributed by atoms with E-state index >= 15 is 0 Å². The van der Waals surface area contributed by atoms with E-state index in [9.17, 15) is 4.79 Å². The van der Waals surface area contributed by atoms with Gasteiger partial charge in [0.05, 0.1) is 0 Å². The summed E-state index contributed by atoms with van der Waals surface area (Å²) in [6.07, 6.45) is 9.53. The quantitative estimate of drug-likeness (QED) is 0.607. The van der Waals surface area contributed by atoms with E-state index in [0.717, 1.165) is 25.7 Å². The van der Waals surface area contributed by atoms with E-state index in [1.165, 1.54) is 25.7 Å². The molecule has 0 radical (unpaired) electrons. The molecular formula is C10H17ClO2. The van der Waals surface area contributed by atoms with Crippen LogP contribution in [-0.4, -0.2) is 11.5 Å². The highest BCUT2D eigenvalue weighted by Gasteiger charge is 2.13. The zero-order valence-electron chi connectivity index (χ0n) is 7.93. The Morgan fingerprint density at radius 1 is 1.00 bits per heavy atom. The number of hydrogen-bond acceptors (Lipinski definition) is 2. The summed E-state index contributed by atoms with van der Waals surface area (Å²) in [5.74, 6) is 0. The molecule has 1 saturated carbocycles. The smallest absolute Gasteiger partial charge is 0.404 e. The highest BCUT2D eigenvalue weighted by atomic mass is 35.5. The van der Waals surface area contributed by atoms with Crippen LogP contribution in [0.5, 0.6) is 0 Å². The molecule has 0 N–H and O–H groups in total. The van der Waals surface area contributed by atoms with Crippen molar-refractivity contribution in [2.75, 3.05) is 0 Å². The largest absolute Gasteiger partial charge is 0.450 e. The molecule has 0 heterocycles. The third kappa shape index (κ3) is 5.14. The van der Waals surface area contributed by atoms with Crippen molar-refractivity contribution in [2.24, 2.45) is 0 Å². The molecule has 3 heteroatoms. The predicted octanol–water partition coefficient (Wildman–Crippen LogP) is 3.86. The van der Waals surface area contributed by atoms with Gasteiger partial charge >= 0.3 is 5.43 Å². The van der Waals surface area contributed by atoms with E-state index in [2.05, 4.69) is 0 Å². The zero-order chi connectivity index (χ0) is 9.52. The van der Waals surface area contributed by atoms with Crippen LogP contribution in [-0.2, 0) is 4.74 Å². The van der Waals surface area contributed by atoms with Gasteiger partial charge < -0.3 is 4.74 Å². The first-order valence-corrected chi connectivity index (χ1v) is 5.53. The maximum atomic E-state index is 10.5. The van der Waals surface area contributed by atoms with Crippen LogP contribution in [0.3, 0.4) is 0 Å². The second-order valence-electron chi connectivity index (χ2n) is 3.68. The first-order valence-electron chi connectivity index (χ1n) is 5.15. The average Bonchev–Trinajstić information content (AvgIpc) is 2.17. The molecule has 2 nitrogen and oxygen atoms in total. The van der Waals surface area contributed by atoms with E-state index < -0.39 is 5.43 Å². The number of halogens is 1. The molecule has 0 atom stereocenters. The Bertz CT molecular complexity index is 149.